The minimum atomic E-state index is -1.90. The normalized spacial score (nSPS) is 12.5. The zero-order valence-corrected chi connectivity index (χ0v) is 16.8. The van der Waals surface area contributed by atoms with Crippen LogP contribution >= 0.6 is 23.1 Å². The molecule has 0 spiro atoms. The van der Waals surface area contributed by atoms with Crippen LogP contribution in [0.4, 0.5) is 16.0 Å². The number of aromatic nitrogens is 4. The summed E-state index contributed by atoms with van der Waals surface area (Å²) in [6.07, 6.45) is 3.05. The fourth-order valence-corrected chi connectivity index (χ4v) is 4.16. The van der Waals surface area contributed by atoms with Gasteiger partial charge >= 0.3 is 0 Å². The summed E-state index contributed by atoms with van der Waals surface area (Å²) in [7, 11) is 0. The standard InChI is InChI=1S/C18H21FN6OS2/c1-2-3-13-12(10-27-18-24-14(20)9-15(21)25-18)23-17(28-13)11-4-6-22-16(8-11)26-7-5-19/h4,6,8-9H,2-3,5,7,10H2,1H3,(H4,20,21,24,25)/i10D2. The summed E-state index contributed by atoms with van der Waals surface area (Å²) in [6, 6.07) is 4.83. The largest absolute Gasteiger partial charge is 0.475 e. The fourth-order valence-electron chi connectivity index (χ4n) is 2.32. The second kappa shape index (κ2) is 9.65. The maximum absolute atomic E-state index is 12.4. The molecule has 3 rings (SSSR count). The molecule has 0 fully saturated rings. The lowest BCUT2D eigenvalue weighted by atomic mass is 10.2. The van der Waals surface area contributed by atoms with E-state index in [-0.39, 0.29) is 23.4 Å². The van der Waals surface area contributed by atoms with Crippen molar-refractivity contribution in [3.8, 4) is 16.5 Å². The van der Waals surface area contributed by atoms with Crippen LogP contribution in [0.3, 0.4) is 0 Å². The van der Waals surface area contributed by atoms with E-state index < -0.39 is 12.4 Å². The Labute approximate surface area is 173 Å². The number of nitrogens with two attached hydrogens (primary N) is 2. The first-order chi connectivity index (χ1) is 14.3. The Bertz CT molecular complexity index is 1000. The molecule has 0 saturated carbocycles. The van der Waals surface area contributed by atoms with E-state index in [0.29, 0.717) is 23.0 Å². The Balaban J connectivity index is 1.95. The molecule has 0 radical (unpaired) electrons. The van der Waals surface area contributed by atoms with Crippen LogP contribution in [0.5, 0.6) is 5.88 Å². The Morgan fingerprint density at radius 2 is 2.04 bits per heavy atom. The highest BCUT2D eigenvalue weighted by Gasteiger charge is 2.14. The molecule has 10 heteroatoms. The van der Waals surface area contributed by atoms with Crippen LogP contribution in [0.25, 0.3) is 10.6 Å². The smallest absolute Gasteiger partial charge is 0.213 e. The first kappa shape index (κ1) is 17.6. The molecule has 4 N–H and O–H groups in total. The first-order valence-corrected chi connectivity index (χ1v) is 10.2. The third-order valence-electron chi connectivity index (χ3n) is 3.47. The fraction of sp³-hybridized carbons (Fsp3) is 0.333. The minimum absolute atomic E-state index is 0.0802. The average molecular weight is 423 g/mol. The van der Waals surface area contributed by atoms with E-state index in [2.05, 4.69) is 19.9 Å². The Hall–Kier alpha value is -2.46. The lowest BCUT2D eigenvalue weighted by molar-refractivity contribution is 0.264. The van der Waals surface area contributed by atoms with E-state index in [4.69, 9.17) is 18.9 Å². The lowest BCUT2D eigenvalue weighted by Gasteiger charge is -2.03. The van der Waals surface area contributed by atoms with Crippen LogP contribution in [0.2, 0.25) is 0 Å². The van der Waals surface area contributed by atoms with Gasteiger partial charge in [0, 0.05) is 37.2 Å². The van der Waals surface area contributed by atoms with Gasteiger partial charge in [-0.2, -0.15) is 0 Å². The van der Waals surface area contributed by atoms with Crippen molar-refractivity contribution in [1.29, 1.82) is 0 Å². The van der Waals surface area contributed by atoms with Gasteiger partial charge in [0.1, 0.15) is 29.9 Å². The molecule has 0 aliphatic carbocycles. The highest BCUT2D eigenvalue weighted by molar-refractivity contribution is 7.98. The van der Waals surface area contributed by atoms with Crippen molar-refractivity contribution in [2.45, 2.75) is 30.6 Å². The van der Waals surface area contributed by atoms with E-state index >= 15 is 0 Å². The van der Waals surface area contributed by atoms with E-state index in [9.17, 15) is 4.39 Å². The molecule has 0 atom stereocenters. The summed E-state index contributed by atoms with van der Waals surface area (Å²) in [5.74, 6) is 0.636. The number of aryl methyl sites for hydroxylation is 1. The number of ether oxygens (including phenoxy) is 1. The summed E-state index contributed by atoms with van der Waals surface area (Å²) < 4.78 is 34.8. The number of hydrogen-bond acceptors (Lipinski definition) is 9. The van der Waals surface area contributed by atoms with Crippen LogP contribution in [0.1, 0.15) is 26.7 Å². The number of anilines is 2. The van der Waals surface area contributed by atoms with Gasteiger partial charge in [0.05, 0.1) is 5.69 Å². The average Bonchev–Trinajstić information content (AvgIpc) is 3.11. The number of nitrogen functional groups attached to an aromatic ring is 2. The van der Waals surface area contributed by atoms with Crippen LogP contribution in [0, 0.1) is 0 Å². The topological polar surface area (TPSA) is 113 Å². The maximum atomic E-state index is 12.4. The minimum Gasteiger partial charge on any atom is -0.475 e. The predicted octanol–water partition coefficient (Wildman–Crippen LogP) is 3.75. The molecule has 0 unspecified atom stereocenters. The molecule has 28 heavy (non-hydrogen) atoms. The molecular weight excluding hydrogens is 399 g/mol. The number of pyridine rings is 1. The monoisotopic (exact) mass is 422 g/mol. The van der Waals surface area contributed by atoms with Crippen LogP contribution in [0.15, 0.2) is 29.6 Å². The molecule has 0 saturated heterocycles. The van der Waals surface area contributed by atoms with Crippen molar-refractivity contribution < 1.29 is 11.9 Å². The van der Waals surface area contributed by atoms with Gasteiger partial charge in [-0.15, -0.1) is 11.3 Å². The number of thioether (sulfide) groups is 1. The van der Waals surface area contributed by atoms with Crippen LogP contribution in [-0.2, 0) is 12.1 Å². The molecule has 3 heterocycles. The van der Waals surface area contributed by atoms with Gasteiger partial charge in [0.2, 0.25) is 5.88 Å². The van der Waals surface area contributed by atoms with Crippen molar-refractivity contribution in [2.75, 3.05) is 24.7 Å². The molecule has 0 aliphatic rings. The van der Waals surface area contributed by atoms with Gasteiger partial charge in [-0.25, -0.2) is 24.3 Å². The van der Waals surface area contributed by atoms with Gasteiger partial charge in [0.25, 0.3) is 0 Å². The molecule has 0 aliphatic heterocycles. The first-order valence-electron chi connectivity index (χ1n) is 9.56. The number of halogens is 1. The Morgan fingerprint density at radius 3 is 2.75 bits per heavy atom. The third-order valence-corrected chi connectivity index (χ3v) is 5.29. The quantitative estimate of drug-likeness (QED) is 0.396. The number of alkyl halides is 1. The summed E-state index contributed by atoms with van der Waals surface area (Å²) in [4.78, 5) is 17.6. The second-order valence-electron chi connectivity index (χ2n) is 5.67. The van der Waals surface area contributed by atoms with Crippen molar-refractivity contribution in [3.05, 3.63) is 35.0 Å². The highest BCUT2D eigenvalue weighted by Crippen LogP contribution is 2.33. The maximum Gasteiger partial charge on any atom is 0.213 e. The summed E-state index contributed by atoms with van der Waals surface area (Å²) in [5, 5.41) is 0.763. The Morgan fingerprint density at radius 1 is 1.25 bits per heavy atom. The molecule has 0 bridgehead atoms. The summed E-state index contributed by atoms with van der Waals surface area (Å²) in [5.41, 5.74) is 10.5. The SMILES string of the molecule is [2H]C([2H])(Sc1nc(N)cc(N)n1)c1nc(-c2ccnc(OCCF)c2)sc1CCC. The van der Waals surface area contributed by atoms with E-state index in [1.54, 1.807) is 18.3 Å². The lowest BCUT2D eigenvalue weighted by Crippen LogP contribution is -2.00. The van der Waals surface area contributed by atoms with Gasteiger partial charge in [-0.05, 0) is 12.5 Å². The molecule has 148 valence electrons. The number of nitrogens with zero attached hydrogens (tertiary/aromatic N) is 4. The summed E-state index contributed by atoms with van der Waals surface area (Å²) in [6.45, 7) is 1.33. The molecule has 0 amide bonds. The zero-order chi connectivity index (χ0) is 21.7. The molecule has 3 aromatic rings. The molecular formula is C18H21FN6OS2. The second-order valence-corrected chi connectivity index (χ2v) is 7.52. The van der Waals surface area contributed by atoms with E-state index in [1.807, 2.05) is 6.92 Å². The molecule has 3 aromatic heterocycles. The zero-order valence-electron chi connectivity index (χ0n) is 17.2. The number of hydrogen-bond donors (Lipinski definition) is 2. The van der Waals surface area contributed by atoms with Crippen molar-refractivity contribution in [2.24, 2.45) is 0 Å². The number of thiazole rings is 1. The van der Waals surface area contributed by atoms with Gasteiger partial charge in [-0.3, -0.25) is 0 Å². The van der Waals surface area contributed by atoms with Crippen molar-refractivity contribution >= 4 is 34.7 Å². The summed E-state index contributed by atoms with van der Waals surface area (Å²) >= 11 is 2.21. The van der Waals surface area contributed by atoms with E-state index in [1.165, 1.54) is 17.4 Å². The molecule has 7 nitrogen and oxygen atoms in total. The molecule has 0 aromatic carbocycles. The van der Waals surface area contributed by atoms with Gasteiger partial charge in [0.15, 0.2) is 5.16 Å². The van der Waals surface area contributed by atoms with Crippen molar-refractivity contribution in [1.82, 2.24) is 19.9 Å². The van der Waals surface area contributed by atoms with E-state index in [0.717, 1.165) is 28.6 Å². The Kier molecular flexibility index (Phi) is 6.07. The van der Waals surface area contributed by atoms with Crippen LogP contribution < -0.4 is 16.2 Å². The van der Waals surface area contributed by atoms with Crippen LogP contribution in [-0.4, -0.2) is 33.2 Å². The van der Waals surface area contributed by atoms with Crippen molar-refractivity contribution in [3.63, 3.8) is 0 Å². The van der Waals surface area contributed by atoms with Gasteiger partial charge in [-0.1, -0.05) is 25.1 Å². The highest BCUT2D eigenvalue weighted by atomic mass is 32.2. The third kappa shape index (κ3) is 5.29. The predicted molar refractivity (Wildman–Crippen MR) is 111 cm³/mol. The van der Waals surface area contributed by atoms with Gasteiger partial charge < -0.3 is 16.2 Å². The number of rotatable bonds is 9.